The van der Waals surface area contributed by atoms with E-state index in [1.54, 1.807) is 0 Å². The minimum Gasteiger partial charge on any atom is -0.481 e. The maximum absolute atomic E-state index is 11.9. The number of aliphatic carboxylic acids is 1. The minimum absolute atomic E-state index is 0.00857. The average Bonchev–Trinajstić information content (AvgIpc) is 2.36. The Morgan fingerprint density at radius 3 is 2.44 bits per heavy atom. The molecule has 1 aliphatic rings. The van der Waals surface area contributed by atoms with Crippen molar-refractivity contribution in [2.45, 2.75) is 51.5 Å². The van der Waals surface area contributed by atoms with E-state index in [9.17, 15) is 9.59 Å². The summed E-state index contributed by atoms with van der Waals surface area (Å²) in [5.74, 6) is -0.878. The van der Waals surface area contributed by atoms with E-state index in [0.29, 0.717) is 19.4 Å². The van der Waals surface area contributed by atoms with Crippen LogP contribution in [0, 0.1) is 11.8 Å². The smallest absolute Gasteiger partial charge is 0.306 e. The molecule has 1 atom stereocenters. The second-order valence-electron chi connectivity index (χ2n) is 5.23. The van der Waals surface area contributed by atoms with E-state index in [0.717, 1.165) is 25.7 Å². The zero-order chi connectivity index (χ0) is 13.5. The van der Waals surface area contributed by atoms with Crippen molar-refractivity contribution in [1.29, 1.82) is 0 Å². The van der Waals surface area contributed by atoms with Crippen molar-refractivity contribution in [3.05, 3.63) is 0 Å². The molecule has 1 fully saturated rings. The van der Waals surface area contributed by atoms with Gasteiger partial charge in [-0.15, -0.1) is 0 Å². The molecule has 1 amide bonds. The average molecular weight is 256 g/mol. The lowest BCUT2D eigenvalue weighted by Gasteiger charge is -2.27. The highest BCUT2D eigenvalue weighted by molar-refractivity contribution is 5.78. The molecule has 0 aliphatic heterocycles. The number of nitrogens with one attached hydrogen (secondary N) is 1. The molecule has 0 aromatic carbocycles. The van der Waals surface area contributed by atoms with Crippen LogP contribution in [0.2, 0.25) is 0 Å². The van der Waals surface area contributed by atoms with Gasteiger partial charge in [-0.1, -0.05) is 6.92 Å². The first kappa shape index (κ1) is 15.0. The standard InChI is InChI=1S/C13H24N2O3/c1-9(3-2-8-14)12(16)15-11-6-4-10(5-7-11)13(17)18/h9-11H,2-8,14H2,1H3,(H,15,16)(H,17,18). The largest absolute Gasteiger partial charge is 0.481 e. The van der Waals surface area contributed by atoms with Gasteiger partial charge in [0.25, 0.3) is 0 Å². The van der Waals surface area contributed by atoms with Gasteiger partial charge in [-0.2, -0.15) is 0 Å². The molecule has 1 aliphatic carbocycles. The summed E-state index contributed by atoms with van der Waals surface area (Å²) in [4.78, 5) is 22.7. The molecule has 0 aromatic rings. The highest BCUT2D eigenvalue weighted by atomic mass is 16.4. The van der Waals surface area contributed by atoms with E-state index >= 15 is 0 Å². The van der Waals surface area contributed by atoms with E-state index in [4.69, 9.17) is 10.8 Å². The Morgan fingerprint density at radius 2 is 1.94 bits per heavy atom. The number of hydrogen-bond acceptors (Lipinski definition) is 3. The van der Waals surface area contributed by atoms with Gasteiger partial charge >= 0.3 is 5.97 Å². The Hall–Kier alpha value is -1.10. The molecular formula is C13H24N2O3. The highest BCUT2D eigenvalue weighted by Gasteiger charge is 2.27. The molecule has 5 heteroatoms. The number of nitrogens with two attached hydrogens (primary N) is 1. The first-order valence-electron chi connectivity index (χ1n) is 6.77. The van der Waals surface area contributed by atoms with Crippen LogP contribution >= 0.6 is 0 Å². The SMILES string of the molecule is CC(CCCN)C(=O)NC1CCC(C(=O)O)CC1. The number of rotatable bonds is 6. The van der Waals surface area contributed by atoms with Crippen LogP contribution in [-0.4, -0.2) is 29.6 Å². The molecule has 0 bridgehead atoms. The lowest BCUT2D eigenvalue weighted by molar-refractivity contribution is -0.142. The number of carboxylic acids is 1. The van der Waals surface area contributed by atoms with Crippen LogP contribution in [0.1, 0.15) is 45.4 Å². The van der Waals surface area contributed by atoms with Gasteiger partial charge in [0.05, 0.1) is 5.92 Å². The Kier molecular flexibility index (Phi) is 6.12. The molecule has 5 nitrogen and oxygen atoms in total. The fourth-order valence-corrected chi connectivity index (χ4v) is 2.38. The number of carbonyl (C=O) groups excluding carboxylic acids is 1. The van der Waals surface area contributed by atoms with Crippen LogP contribution in [-0.2, 0) is 9.59 Å². The quantitative estimate of drug-likeness (QED) is 0.664. The summed E-state index contributed by atoms with van der Waals surface area (Å²) < 4.78 is 0. The van der Waals surface area contributed by atoms with Gasteiger partial charge < -0.3 is 16.2 Å². The molecule has 104 valence electrons. The molecule has 1 unspecified atom stereocenters. The fourth-order valence-electron chi connectivity index (χ4n) is 2.38. The van der Waals surface area contributed by atoms with Gasteiger partial charge in [0.1, 0.15) is 0 Å². The summed E-state index contributed by atoms with van der Waals surface area (Å²) in [6.45, 7) is 2.52. The number of carbonyl (C=O) groups is 2. The molecule has 1 rings (SSSR count). The Bertz CT molecular complexity index is 286. The molecule has 0 saturated heterocycles. The third-order valence-corrected chi connectivity index (χ3v) is 3.71. The van der Waals surface area contributed by atoms with E-state index in [1.807, 2.05) is 6.92 Å². The van der Waals surface area contributed by atoms with Crippen LogP contribution in [0.5, 0.6) is 0 Å². The van der Waals surface area contributed by atoms with Gasteiger partial charge in [0, 0.05) is 12.0 Å². The maximum atomic E-state index is 11.9. The molecule has 4 N–H and O–H groups in total. The monoisotopic (exact) mass is 256 g/mol. The van der Waals surface area contributed by atoms with Crippen molar-refractivity contribution in [2.75, 3.05) is 6.54 Å². The zero-order valence-electron chi connectivity index (χ0n) is 11.0. The van der Waals surface area contributed by atoms with E-state index in [1.165, 1.54) is 0 Å². The van der Waals surface area contributed by atoms with Crippen molar-refractivity contribution in [3.8, 4) is 0 Å². The summed E-state index contributed by atoms with van der Waals surface area (Å²) in [5, 5.41) is 11.9. The third kappa shape index (κ3) is 4.64. The number of hydrogen-bond donors (Lipinski definition) is 3. The van der Waals surface area contributed by atoms with Gasteiger partial charge in [0.15, 0.2) is 0 Å². The van der Waals surface area contributed by atoms with E-state index in [-0.39, 0.29) is 23.8 Å². The summed E-state index contributed by atoms with van der Waals surface area (Å²) in [6, 6.07) is 0.147. The first-order valence-corrected chi connectivity index (χ1v) is 6.77. The van der Waals surface area contributed by atoms with Crippen LogP contribution in [0.15, 0.2) is 0 Å². The summed E-state index contributed by atoms with van der Waals surface area (Å²) >= 11 is 0. The Labute approximate surface area is 108 Å². The molecule has 0 aromatic heterocycles. The van der Waals surface area contributed by atoms with Crippen molar-refractivity contribution >= 4 is 11.9 Å². The second-order valence-corrected chi connectivity index (χ2v) is 5.23. The number of amides is 1. The van der Waals surface area contributed by atoms with E-state index < -0.39 is 5.97 Å². The Balaban J connectivity index is 2.27. The topological polar surface area (TPSA) is 92.4 Å². The third-order valence-electron chi connectivity index (χ3n) is 3.71. The summed E-state index contributed by atoms with van der Waals surface area (Å²) in [7, 11) is 0. The second kappa shape index (κ2) is 7.36. The van der Waals surface area contributed by atoms with Gasteiger partial charge in [-0.3, -0.25) is 9.59 Å². The van der Waals surface area contributed by atoms with Crippen LogP contribution < -0.4 is 11.1 Å². The zero-order valence-corrected chi connectivity index (χ0v) is 11.0. The summed E-state index contributed by atoms with van der Waals surface area (Å²) in [6.07, 6.45) is 4.54. The molecule has 18 heavy (non-hydrogen) atoms. The first-order chi connectivity index (χ1) is 8.54. The fraction of sp³-hybridized carbons (Fsp3) is 0.846. The molecule has 0 spiro atoms. The van der Waals surface area contributed by atoms with Gasteiger partial charge in [-0.25, -0.2) is 0 Å². The molecule has 1 saturated carbocycles. The minimum atomic E-state index is -0.712. The van der Waals surface area contributed by atoms with Crippen molar-refractivity contribution in [2.24, 2.45) is 17.6 Å². The van der Waals surface area contributed by atoms with Crippen molar-refractivity contribution in [1.82, 2.24) is 5.32 Å². The van der Waals surface area contributed by atoms with Crippen molar-refractivity contribution in [3.63, 3.8) is 0 Å². The van der Waals surface area contributed by atoms with Crippen LogP contribution in [0.3, 0.4) is 0 Å². The Morgan fingerprint density at radius 1 is 1.33 bits per heavy atom. The lowest BCUT2D eigenvalue weighted by atomic mass is 9.86. The lowest BCUT2D eigenvalue weighted by Crippen LogP contribution is -2.41. The summed E-state index contributed by atoms with van der Waals surface area (Å²) in [5.41, 5.74) is 5.42. The van der Waals surface area contributed by atoms with Crippen LogP contribution in [0.4, 0.5) is 0 Å². The predicted molar refractivity (Wildman–Crippen MR) is 69.0 cm³/mol. The highest BCUT2D eigenvalue weighted by Crippen LogP contribution is 2.24. The predicted octanol–water partition coefficient (Wildman–Crippen LogP) is 1.12. The molecular weight excluding hydrogens is 232 g/mol. The normalized spacial score (nSPS) is 25.4. The van der Waals surface area contributed by atoms with Gasteiger partial charge in [0.2, 0.25) is 5.91 Å². The van der Waals surface area contributed by atoms with Gasteiger partial charge in [-0.05, 0) is 45.1 Å². The molecule has 0 radical (unpaired) electrons. The number of carboxylic acid groups (broad SMARTS) is 1. The van der Waals surface area contributed by atoms with E-state index in [2.05, 4.69) is 5.32 Å². The maximum Gasteiger partial charge on any atom is 0.306 e. The molecule has 0 heterocycles. The van der Waals surface area contributed by atoms with Crippen molar-refractivity contribution < 1.29 is 14.7 Å². The van der Waals surface area contributed by atoms with Crippen LogP contribution in [0.25, 0.3) is 0 Å².